The number of rotatable bonds is 3. The number of likely N-dealkylation sites (N-methyl/N-ethyl adjacent to an activating group) is 1. The van der Waals surface area contributed by atoms with Gasteiger partial charge in [0.15, 0.2) is 0 Å². The maximum absolute atomic E-state index is 8.85. The lowest BCUT2D eigenvalue weighted by Gasteiger charge is -2.35. The van der Waals surface area contributed by atoms with Gasteiger partial charge >= 0.3 is 0 Å². The van der Waals surface area contributed by atoms with Gasteiger partial charge in [0.05, 0.1) is 6.07 Å². The summed E-state index contributed by atoms with van der Waals surface area (Å²) in [6.45, 7) is 9.45. The molecule has 0 aliphatic carbocycles. The third-order valence-corrected chi connectivity index (χ3v) is 4.10. The molecule has 0 aromatic carbocycles. The van der Waals surface area contributed by atoms with E-state index in [9.17, 15) is 0 Å². The number of piperidine rings is 1. The van der Waals surface area contributed by atoms with Crippen molar-refractivity contribution in [2.24, 2.45) is 5.92 Å². The first-order valence-corrected chi connectivity index (χ1v) is 6.81. The Morgan fingerprint density at radius 2 is 1.47 bits per heavy atom. The average Bonchev–Trinajstić information content (AvgIpc) is 2.39. The van der Waals surface area contributed by atoms with Crippen molar-refractivity contribution in [1.29, 1.82) is 5.26 Å². The van der Waals surface area contributed by atoms with Crippen molar-refractivity contribution in [2.45, 2.75) is 12.8 Å². The van der Waals surface area contributed by atoms with Crippen LogP contribution in [0.4, 0.5) is 0 Å². The fourth-order valence-electron chi connectivity index (χ4n) is 2.64. The maximum Gasteiger partial charge on any atom is 0.0656 e. The molecule has 4 nitrogen and oxygen atoms in total. The molecular weight excluding hydrogens is 212 g/mol. The molecule has 17 heavy (non-hydrogen) atoms. The van der Waals surface area contributed by atoms with Crippen molar-refractivity contribution in [1.82, 2.24) is 14.7 Å². The summed E-state index contributed by atoms with van der Waals surface area (Å²) in [4.78, 5) is 7.48. The highest BCUT2D eigenvalue weighted by Gasteiger charge is 2.19. The van der Waals surface area contributed by atoms with Crippen LogP contribution >= 0.6 is 0 Å². The van der Waals surface area contributed by atoms with Gasteiger partial charge in [0, 0.05) is 45.2 Å². The van der Waals surface area contributed by atoms with Crippen LogP contribution in [0, 0.1) is 17.2 Å². The Kier molecular flexibility index (Phi) is 4.78. The Bertz CT molecular complexity index is 257. The van der Waals surface area contributed by atoms with Crippen molar-refractivity contribution in [3.63, 3.8) is 0 Å². The first-order valence-electron chi connectivity index (χ1n) is 6.81. The summed E-state index contributed by atoms with van der Waals surface area (Å²) in [5.41, 5.74) is 0. The second-order valence-electron chi connectivity index (χ2n) is 5.39. The molecule has 2 aliphatic heterocycles. The lowest BCUT2D eigenvalue weighted by molar-refractivity contribution is 0.124. The monoisotopic (exact) mass is 236 g/mol. The molecule has 0 spiro atoms. The Morgan fingerprint density at radius 3 is 2.00 bits per heavy atom. The number of hydrogen-bond acceptors (Lipinski definition) is 4. The minimum Gasteiger partial charge on any atom is -0.304 e. The topological polar surface area (TPSA) is 33.5 Å². The van der Waals surface area contributed by atoms with E-state index in [0.29, 0.717) is 5.92 Å². The Hall–Kier alpha value is -0.630. The van der Waals surface area contributed by atoms with Crippen molar-refractivity contribution in [3.8, 4) is 6.07 Å². The molecule has 0 amide bonds. The van der Waals surface area contributed by atoms with Gasteiger partial charge < -0.3 is 9.80 Å². The summed E-state index contributed by atoms with van der Waals surface area (Å²) >= 11 is 0. The summed E-state index contributed by atoms with van der Waals surface area (Å²) in [6.07, 6.45) is 2.14. The van der Waals surface area contributed by atoms with E-state index in [4.69, 9.17) is 5.26 Å². The average molecular weight is 236 g/mol. The molecule has 0 aromatic heterocycles. The lowest BCUT2D eigenvalue weighted by atomic mass is 9.99. The highest BCUT2D eigenvalue weighted by Crippen LogP contribution is 2.15. The van der Waals surface area contributed by atoms with E-state index in [2.05, 4.69) is 27.8 Å². The van der Waals surface area contributed by atoms with E-state index in [1.165, 1.54) is 39.3 Å². The third-order valence-electron chi connectivity index (χ3n) is 4.10. The van der Waals surface area contributed by atoms with Gasteiger partial charge in [-0.05, 0) is 33.0 Å². The summed E-state index contributed by atoms with van der Waals surface area (Å²) < 4.78 is 0. The van der Waals surface area contributed by atoms with Crippen molar-refractivity contribution in [2.75, 3.05) is 59.4 Å². The molecule has 2 heterocycles. The van der Waals surface area contributed by atoms with Crippen molar-refractivity contribution >= 4 is 0 Å². The molecule has 2 aliphatic rings. The minimum absolute atomic E-state index is 0.315. The molecule has 4 heteroatoms. The Balaban J connectivity index is 1.61. The highest BCUT2D eigenvalue weighted by molar-refractivity contribution is 4.87. The first-order chi connectivity index (χ1) is 8.28. The second kappa shape index (κ2) is 6.34. The van der Waals surface area contributed by atoms with Crippen LogP contribution in [0.25, 0.3) is 0 Å². The number of piperazine rings is 1. The van der Waals surface area contributed by atoms with Gasteiger partial charge in [-0.1, -0.05) is 0 Å². The molecule has 0 radical (unpaired) electrons. The molecule has 96 valence electrons. The molecule has 2 saturated heterocycles. The van der Waals surface area contributed by atoms with E-state index in [1.54, 1.807) is 0 Å². The number of hydrogen-bond donors (Lipinski definition) is 0. The van der Waals surface area contributed by atoms with Crippen LogP contribution in [0.5, 0.6) is 0 Å². The zero-order valence-electron chi connectivity index (χ0n) is 10.9. The largest absolute Gasteiger partial charge is 0.304 e. The molecule has 0 N–H and O–H groups in total. The summed E-state index contributed by atoms with van der Waals surface area (Å²) in [5.74, 6) is 0.315. The lowest BCUT2D eigenvalue weighted by Crippen LogP contribution is -2.47. The van der Waals surface area contributed by atoms with E-state index in [0.717, 1.165) is 25.9 Å². The maximum atomic E-state index is 8.85. The van der Waals surface area contributed by atoms with Gasteiger partial charge in [-0.3, -0.25) is 4.90 Å². The molecule has 0 saturated carbocycles. The van der Waals surface area contributed by atoms with Gasteiger partial charge in [0.25, 0.3) is 0 Å². The first kappa shape index (κ1) is 12.8. The van der Waals surface area contributed by atoms with Gasteiger partial charge in [-0.15, -0.1) is 0 Å². The molecule has 0 atom stereocenters. The van der Waals surface area contributed by atoms with Gasteiger partial charge in [0.2, 0.25) is 0 Å². The van der Waals surface area contributed by atoms with Crippen LogP contribution in [0.3, 0.4) is 0 Å². The fraction of sp³-hybridized carbons (Fsp3) is 0.923. The van der Waals surface area contributed by atoms with Crippen LogP contribution in [-0.2, 0) is 0 Å². The fourth-order valence-corrected chi connectivity index (χ4v) is 2.64. The highest BCUT2D eigenvalue weighted by atomic mass is 15.3. The summed E-state index contributed by atoms with van der Waals surface area (Å²) in [7, 11) is 2.20. The van der Waals surface area contributed by atoms with E-state index in [1.807, 2.05) is 0 Å². The molecule has 0 bridgehead atoms. The smallest absolute Gasteiger partial charge is 0.0656 e. The number of nitriles is 1. The number of likely N-dealkylation sites (tertiary alicyclic amines) is 1. The molecule has 0 aromatic rings. The Labute approximate surface area is 105 Å². The molecular formula is C13H24N4. The molecule has 2 fully saturated rings. The summed E-state index contributed by atoms with van der Waals surface area (Å²) in [6, 6.07) is 2.39. The van der Waals surface area contributed by atoms with Crippen LogP contribution < -0.4 is 0 Å². The van der Waals surface area contributed by atoms with Crippen LogP contribution in [-0.4, -0.2) is 74.1 Å². The van der Waals surface area contributed by atoms with E-state index in [-0.39, 0.29) is 0 Å². The van der Waals surface area contributed by atoms with Gasteiger partial charge in [-0.2, -0.15) is 5.26 Å². The zero-order valence-corrected chi connectivity index (χ0v) is 10.9. The van der Waals surface area contributed by atoms with Crippen molar-refractivity contribution in [3.05, 3.63) is 0 Å². The number of nitrogens with zero attached hydrogens (tertiary/aromatic N) is 4. The third kappa shape index (κ3) is 3.95. The second-order valence-corrected chi connectivity index (χ2v) is 5.39. The SMILES string of the molecule is CN1CCN(CCN2CCC(C#N)CC2)CC1. The van der Waals surface area contributed by atoms with Crippen LogP contribution in [0.1, 0.15) is 12.8 Å². The zero-order chi connectivity index (χ0) is 12.1. The standard InChI is InChI=1S/C13H24N4/c1-15-6-8-17(9-7-15)11-10-16-4-2-13(12-14)3-5-16/h13H,2-11H2,1H3. The summed E-state index contributed by atoms with van der Waals surface area (Å²) in [5, 5.41) is 8.85. The molecule has 2 rings (SSSR count). The van der Waals surface area contributed by atoms with Crippen LogP contribution in [0.2, 0.25) is 0 Å². The Morgan fingerprint density at radius 1 is 0.941 bits per heavy atom. The predicted octanol–water partition coefficient (Wildman–Crippen LogP) is 0.469. The predicted molar refractivity (Wildman–Crippen MR) is 68.7 cm³/mol. The van der Waals surface area contributed by atoms with E-state index < -0.39 is 0 Å². The van der Waals surface area contributed by atoms with Gasteiger partial charge in [-0.25, -0.2) is 0 Å². The quantitative estimate of drug-likeness (QED) is 0.713. The minimum atomic E-state index is 0.315. The van der Waals surface area contributed by atoms with Crippen molar-refractivity contribution < 1.29 is 0 Å². The molecule has 0 unspecified atom stereocenters. The van der Waals surface area contributed by atoms with Crippen LogP contribution in [0.15, 0.2) is 0 Å². The normalized spacial score (nSPS) is 25.9. The van der Waals surface area contributed by atoms with E-state index >= 15 is 0 Å². The van der Waals surface area contributed by atoms with Gasteiger partial charge in [0.1, 0.15) is 0 Å².